The molecule has 0 spiro atoms. The Balaban J connectivity index is 2.65. The highest BCUT2D eigenvalue weighted by Crippen LogP contribution is 2.40. The number of Topliss-reactive ketones (excluding diaryl/α,β-unsaturated/α-hetero) is 1. The third-order valence-corrected chi connectivity index (χ3v) is 3.42. The summed E-state index contributed by atoms with van der Waals surface area (Å²) >= 11 is 0. The van der Waals surface area contributed by atoms with Crippen molar-refractivity contribution in [3.05, 3.63) is 29.3 Å². The molecule has 0 amide bonds. The summed E-state index contributed by atoms with van der Waals surface area (Å²) in [7, 11) is 0. The minimum atomic E-state index is -1.60. The van der Waals surface area contributed by atoms with Crippen molar-refractivity contribution in [1.82, 2.24) is 0 Å². The minimum absolute atomic E-state index is 0.0512. The predicted octanol–water partition coefficient (Wildman–Crippen LogP) is 1.01. The average molecular weight is 222 g/mol. The minimum Gasteiger partial charge on any atom is -0.508 e. The molecule has 1 aromatic carbocycles. The molecule has 1 aromatic rings. The Morgan fingerprint density at radius 3 is 2.62 bits per heavy atom. The maximum Gasteiger partial charge on any atom is 0.194 e. The molecule has 86 valence electrons. The molecule has 1 aliphatic carbocycles. The van der Waals surface area contributed by atoms with Crippen molar-refractivity contribution in [1.29, 1.82) is 0 Å². The smallest absolute Gasteiger partial charge is 0.194 e. The molecule has 0 radical (unpaired) electrons. The van der Waals surface area contributed by atoms with Gasteiger partial charge in [0.2, 0.25) is 0 Å². The molecule has 0 bridgehead atoms. The van der Waals surface area contributed by atoms with Gasteiger partial charge in [-0.25, -0.2) is 0 Å². The third-order valence-electron chi connectivity index (χ3n) is 3.42. The van der Waals surface area contributed by atoms with Crippen molar-refractivity contribution in [2.75, 3.05) is 0 Å². The zero-order chi connectivity index (χ0) is 12.1. The Kier molecular flexibility index (Phi) is 2.29. The number of aromatic hydroxyl groups is 1. The molecule has 0 saturated carbocycles. The zero-order valence-electron chi connectivity index (χ0n) is 9.14. The van der Waals surface area contributed by atoms with Crippen LogP contribution in [0.2, 0.25) is 0 Å². The Morgan fingerprint density at radius 2 is 2.00 bits per heavy atom. The van der Waals surface area contributed by atoms with E-state index in [0.29, 0.717) is 5.56 Å². The fourth-order valence-corrected chi connectivity index (χ4v) is 2.05. The Bertz CT molecular complexity index is 450. The molecule has 3 N–H and O–H groups in total. The first-order chi connectivity index (χ1) is 7.35. The molecule has 0 unspecified atom stereocenters. The van der Waals surface area contributed by atoms with Crippen LogP contribution in [0.5, 0.6) is 5.75 Å². The van der Waals surface area contributed by atoms with E-state index in [1.807, 2.05) is 0 Å². The van der Waals surface area contributed by atoms with E-state index in [1.165, 1.54) is 25.1 Å². The second kappa shape index (κ2) is 3.30. The highest BCUT2D eigenvalue weighted by atomic mass is 16.3. The van der Waals surface area contributed by atoms with Crippen LogP contribution in [0.3, 0.4) is 0 Å². The average Bonchev–Trinajstić information content (AvgIpc) is 2.24. The maximum absolute atomic E-state index is 12.0. The van der Waals surface area contributed by atoms with Crippen LogP contribution >= 0.6 is 0 Å². The molecule has 0 saturated heterocycles. The second-order valence-corrected chi connectivity index (χ2v) is 4.48. The van der Waals surface area contributed by atoms with Crippen molar-refractivity contribution in [2.45, 2.75) is 25.6 Å². The fourth-order valence-electron chi connectivity index (χ4n) is 2.05. The van der Waals surface area contributed by atoms with Crippen LogP contribution in [0.15, 0.2) is 18.2 Å². The normalized spacial score (nSPS) is 33.6. The van der Waals surface area contributed by atoms with Crippen LogP contribution in [0.4, 0.5) is 0 Å². The Hall–Kier alpha value is -1.39. The number of aliphatic hydroxyl groups excluding tert-OH is 1. The molecule has 3 atom stereocenters. The first-order valence-corrected chi connectivity index (χ1v) is 5.14. The molecule has 0 fully saturated rings. The topological polar surface area (TPSA) is 77.8 Å². The van der Waals surface area contributed by atoms with Crippen LogP contribution in [0, 0.1) is 5.92 Å². The summed E-state index contributed by atoms with van der Waals surface area (Å²) in [4.78, 5) is 12.0. The number of aliphatic hydroxyl groups is 2. The Labute approximate surface area is 93.2 Å². The van der Waals surface area contributed by atoms with E-state index in [2.05, 4.69) is 0 Å². The van der Waals surface area contributed by atoms with Crippen molar-refractivity contribution in [2.24, 2.45) is 5.92 Å². The van der Waals surface area contributed by atoms with Crippen LogP contribution in [0.1, 0.15) is 35.9 Å². The number of phenols is 1. The second-order valence-electron chi connectivity index (χ2n) is 4.48. The molecule has 0 heterocycles. The zero-order valence-corrected chi connectivity index (χ0v) is 9.14. The van der Waals surface area contributed by atoms with Crippen LogP contribution in [0.25, 0.3) is 0 Å². The van der Waals surface area contributed by atoms with Gasteiger partial charge in [0.1, 0.15) is 11.4 Å². The summed E-state index contributed by atoms with van der Waals surface area (Å²) in [5.41, 5.74) is -0.947. The van der Waals surface area contributed by atoms with E-state index < -0.39 is 23.4 Å². The molecule has 0 aromatic heterocycles. The van der Waals surface area contributed by atoms with Gasteiger partial charge in [0.05, 0.1) is 6.10 Å². The summed E-state index contributed by atoms with van der Waals surface area (Å²) in [5.74, 6) is -1.09. The summed E-state index contributed by atoms with van der Waals surface area (Å²) in [6, 6.07) is 4.21. The van der Waals surface area contributed by atoms with E-state index in [9.17, 15) is 20.1 Å². The first kappa shape index (κ1) is 11.1. The van der Waals surface area contributed by atoms with Gasteiger partial charge in [-0.15, -0.1) is 0 Å². The molecule has 4 heteroatoms. The molecule has 0 aliphatic heterocycles. The summed E-state index contributed by atoms with van der Waals surface area (Å²) in [6.45, 7) is 3.01. The number of ketones is 1. The van der Waals surface area contributed by atoms with Gasteiger partial charge >= 0.3 is 0 Å². The van der Waals surface area contributed by atoms with Gasteiger partial charge < -0.3 is 15.3 Å². The number of benzene rings is 1. The highest BCUT2D eigenvalue weighted by molar-refractivity contribution is 6.05. The quantitative estimate of drug-likeness (QED) is 0.612. The van der Waals surface area contributed by atoms with Gasteiger partial charge in [-0.3, -0.25) is 4.79 Å². The molecule has 2 rings (SSSR count). The van der Waals surface area contributed by atoms with Crippen LogP contribution in [-0.2, 0) is 0 Å². The van der Waals surface area contributed by atoms with Gasteiger partial charge in [0.15, 0.2) is 5.78 Å². The van der Waals surface area contributed by atoms with Gasteiger partial charge in [-0.1, -0.05) is 13.0 Å². The lowest BCUT2D eigenvalue weighted by atomic mass is 9.71. The molecule has 1 aliphatic rings. The molecule has 16 heavy (non-hydrogen) atoms. The van der Waals surface area contributed by atoms with Crippen molar-refractivity contribution in [3.63, 3.8) is 0 Å². The maximum atomic E-state index is 12.0. The van der Waals surface area contributed by atoms with Gasteiger partial charge in [-0.2, -0.15) is 0 Å². The predicted molar refractivity (Wildman–Crippen MR) is 57.2 cm³/mol. The van der Waals surface area contributed by atoms with Crippen molar-refractivity contribution < 1.29 is 20.1 Å². The lowest BCUT2D eigenvalue weighted by molar-refractivity contribution is -0.0403. The summed E-state index contributed by atoms with van der Waals surface area (Å²) in [5, 5.41) is 29.3. The number of rotatable bonds is 0. The third kappa shape index (κ3) is 1.34. The number of hydrogen-bond donors (Lipinski definition) is 3. The van der Waals surface area contributed by atoms with Crippen LogP contribution < -0.4 is 0 Å². The van der Waals surface area contributed by atoms with E-state index in [4.69, 9.17) is 0 Å². The number of fused-ring (bicyclic) bond motifs is 1. The van der Waals surface area contributed by atoms with Gasteiger partial charge in [-0.05, 0) is 24.6 Å². The Morgan fingerprint density at radius 1 is 1.38 bits per heavy atom. The van der Waals surface area contributed by atoms with Crippen molar-refractivity contribution in [3.8, 4) is 5.75 Å². The highest BCUT2D eigenvalue weighted by Gasteiger charge is 2.46. The summed E-state index contributed by atoms with van der Waals surface area (Å²) in [6.07, 6.45) is -0.900. The van der Waals surface area contributed by atoms with E-state index in [-0.39, 0.29) is 11.3 Å². The largest absolute Gasteiger partial charge is 0.508 e. The fraction of sp³-hybridized carbons (Fsp3) is 0.417. The van der Waals surface area contributed by atoms with Crippen molar-refractivity contribution >= 4 is 5.78 Å². The van der Waals surface area contributed by atoms with E-state index >= 15 is 0 Å². The monoisotopic (exact) mass is 222 g/mol. The van der Waals surface area contributed by atoms with Crippen LogP contribution in [-0.4, -0.2) is 26.7 Å². The molecule has 4 nitrogen and oxygen atoms in total. The number of carbonyl (C=O) groups is 1. The molecular weight excluding hydrogens is 208 g/mol. The number of hydrogen-bond acceptors (Lipinski definition) is 4. The number of carbonyl (C=O) groups excluding carboxylic acids is 1. The first-order valence-electron chi connectivity index (χ1n) is 5.14. The standard InChI is InChI=1S/C12H14O4/c1-6-10(14)8-4-3-7(13)5-9(8)11(15)12(6,2)16/h3-6,10,13-14,16H,1-2H3/t6-,10-,12+/m1/s1. The lowest BCUT2D eigenvalue weighted by Gasteiger charge is -2.38. The van der Waals surface area contributed by atoms with E-state index in [1.54, 1.807) is 6.92 Å². The van der Waals surface area contributed by atoms with Gasteiger partial charge in [0, 0.05) is 11.5 Å². The molecular formula is C12H14O4. The number of phenolic OH excluding ortho intramolecular Hbond substituents is 1. The van der Waals surface area contributed by atoms with Gasteiger partial charge in [0.25, 0.3) is 0 Å². The lowest BCUT2D eigenvalue weighted by Crippen LogP contribution is -2.48. The summed E-state index contributed by atoms with van der Waals surface area (Å²) < 4.78 is 0. The SMILES string of the molecule is C[C@@H]1[C@@H](O)c2ccc(O)cc2C(=O)[C@@]1(C)O. The van der Waals surface area contributed by atoms with E-state index in [0.717, 1.165) is 0 Å².